The maximum absolute atomic E-state index is 12.5. The summed E-state index contributed by atoms with van der Waals surface area (Å²) in [6, 6.07) is 8.53. The molecule has 0 saturated carbocycles. The Morgan fingerprint density at radius 2 is 2.16 bits per heavy atom. The van der Waals surface area contributed by atoms with Crippen LogP contribution >= 0.6 is 11.8 Å². The zero-order valence-corrected chi connectivity index (χ0v) is 12.0. The van der Waals surface area contributed by atoms with Crippen LogP contribution in [0.3, 0.4) is 0 Å². The molecule has 19 heavy (non-hydrogen) atoms. The molecule has 1 aromatic rings. The van der Waals surface area contributed by atoms with Gasteiger partial charge in [-0.1, -0.05) is 29.8 Å². The lowest BCUT2D eigenvalue weighted by atomic mass is 10.1. The summed E-state index contributed by atoms with van der Waals surface area (Å²) in [5.74, 6) is 1.37. The summed E-state index contributed by atoms with van der Waals surface area (Å²) in [5, 5.41) is 0.189. The molecule has 4 heteroatoms. The minimum Gasteiger partial charge on any atom is -0.381 e. The third kappa shape index (κ3) is 2.65. The van der Waals surface area contributed by atoms with Gasteiger partial charge in [0, 0.05) is 18.9 Å². The lowest BCUT2D eigenvalue weighted by Crippen LogP contribution is -2.35. The molecule has 102 valence electrons. The van der Waals surface area contributed by atoms with Gasteiger partial charge in [0.05, 0.1) is 12.5 Å². The summed E-state index contributed by atoms with van der Waals surface area (Å²) in [5.41, 5.74) is 2.49. The van der Waals surface area contributed by atoms with E-state index in [1.165, 1.54) is 11.1 Å². The van der Waals surface area contributed by atoms with Crippen molar-refractivity contribution < 1.29 is 9.53 Å². The van der Waals surface area contributed by atoms with Crippen LogP contribution in [0.15, 0.2) is 24.3 Å². The molecule has 3 rings (SSSR count). The van der Waals surface area contributed by atoms with E-state index in [9.17, 15) is 4.79 Å². The number of thioether (sulfide) groups is 1. The molecule has 0 bridgehead atoms. The van der Waals surface area contributed by atoms with Crippen molar-refractivity contribution >= 4 is 17.7 Å². The second-order valence-electron chi connectivity index (χ2n) is 5.23. The van der Waals surface area contributed by atoms with Crippen molar-refractivity contribution in [2.45, 2.75) is 18.7 Å². The van der Waals surface area contributed by atoms with Crippen molar-refractivity contribution in [2.24, 2.45) is 5.92 Å². The molecule has 0 radical (unpaired) electrons. The highest BCUT2D eigenvalue weighted by Gasteiger charge is 2.35. The average Bonchev–Trinajstić information content (AvgIpc) is 3.10. The molecule has 2 aliphatic heterocycles. The molecular weight excluding hydrogens is 258 g/mol. The fourth-order valence-corrected chi connectivity index (χ4v) is 3.93. The largest absolute Gasteiger partial charge is 0.381 e. The smallest absolute Gasteiger partial charge is 0.229 e. The van der Waals surface area contributed by atoms with Gasteiger partial charge in [-0.15, -0.1) is 11.8 Å². The monoisotopic (exact) mass is 277 g/mol. The lowest BCUT2D eigenvalue weighted by molar-refractivity contribution is -0.135. The van der Waals surface area contributed by atoms with E-state index < -0.39 is 0 Å². The molecule has 3 nitrogen and oxygen atoms in total. The number of carbonyl (C=O) groups excluding carboxylic acids is 1. The third-order valence-electron chi connectivity index (χ3n) is 3.82. The van der Waals surface area contributed by atoms with Crippen LogP contribution in [-0.2, 0) is 9.53 Å². The van der Waals surface area contributed by atoms with Crippen molar-refractivity contribution in [1.29, 1.82) is 0 Å². The van der Waals surface area contributed by atoms with E-state index in [1.807, 2.05) is 16.7 Å². The van der Waals surface area contributed by atoms with Crippen molar-refractivity contribution in [1.82, 2.24) is 4.90 Å². The summed E-state index contributed by atoms with van der Waals surface area (Å²) in [6.07, 6.45) is 0.876. The summed E-state index contributed by atoms with van der Waals surface area (Å²) in [4.78, 5) is 14.6. The topological polar surface area (TPSA) is 29.5 Å². The van der Waals surface area contributed by atoms with E-state index in [1.54, 1.807) is 0 Å². The molecule has 2 fully saturated rings. The Balaban J connectivity index is 1.77. The standard InChI is InChI=1S/C15H19NO2S/c1-11-2-4-12(5-3-11)15-16(7-9-19-15)14(17)13-6-8-18-10-13/h2-5,13,15H,6-10H2,1H3. The molecule has 0 N–H and O–H groups in total. The Morgan fingerprint density at radius 3 is 2.84 bits per heavy atom. The van der Waals surface area contributed by atoms with E-state index in [-0.39, 0.29) is 17.2 Å². The zero-order valence-electron chi connectivity index (χ0n) is 11.2. The normalized spacial score (nSPS) is 26.9. The maximum atomic E-state index is 12.5. The molecular formula is C15H19NO2S. The van der Waals surface area contributed by atoms with Gasteiger partial charge in [0.25, 0.3) is 0 Å². The average molecular weight is 277 g/mol. The first kappa shape index (κ1) is 13.0. The predicted molar refractivity (Wildman–Crippen MR) is 77.0 cm³/mol. The van der Waals surface area contributed by atoms with E-state index in [0.29, 0.717) is 6.61 Å². The van der Waals surface area contributed by atoms with Crippen molar-refractivity contribution in [3.05, 3.63) is 35.4 Å². The van der Waals surface area contributed by atoms with Crippen molar-refractivity contribution in [3.8, 4) is 0 Å². The second-order valence-corrected chi connectivity index (χ2v) is 6.41. The van der Waals surface area contributed by atoms with Crippen LogP contribution in [0.4, 0.5) is 0 Å². The number of aryl methyl sites for hydroxylation is 1. The van der Waals surface area contributed by atoms with E-state index >= 15 is 0 Å². The van der Waals surface area contributed by atoms with Crippen LogP contribution in [0.2, 0.25) is 0 Å². The summed E-state index contributed by atoms with van der Waals surface area (Å²) in [6.45, 7) is 4.27. The Morgan fingerprint density at radius 1 is 1.37 bits per heavy atom. The maximum Gasteiger partial charge on any atom is 0.229 e. The minimum atomic E-state index is 0.0756. The Kier molecular flexibility index (Phi) is 3.80. The van der Waals surface area contributed by atoms with Gasteiger partial charge in [-0.05, 0) is 18.9 Å². The zero-order chi connectivity index (χ0) is 13.2. The first-order chi connectivity index (χ1) is 9.25. The molecule has 2 unspecified atom stereocenters. The van der Waals surface area contributed by atoms with Crippen molar-refractivity contribution in [3.63, 3.8) is 0 Å². The third-order valence-corrected chi connectivity index (χ3v) is 5.08. The molecule has 0 aliphatic carbocycles. The molecule has 1 aromatic carbocycles. The van der Waals surface area contributed by atoms with Crippen LogP contribution in [0.25, 0.3) is 0 Å². The number of amides is 1. The fraction of sp³-hybridized carbons (Fsp3) is 0.533. The minimum absolute atomic E-state index is 0.0756. The first-order valence-corrected chi connectivity index (χ1v) is 7.87. The predicted octanol–water partition coefficient (Wildman–Crippen LogP) is 2.61. The molecule has 2 atom stereocenters. The van der Waals surface area contributed by atoms with Gasteiger partial charge in [-0.25, -0.2) is 0 Å². The van der Waals surface area contributed by atoms with E-state index in [2.05, 4.69) is 31.2 Å². The number of benzene rings is 1. The van der Waals surface area contributed by atoms with Crippen LogP contribution in [0.5, 0.6) is 0 Å². The quantitative estimate of drug-likeness (QED) is 0.832. The summed E-state index contributed by atoms with van der Waals surface area (Å²) >= 11 is 1.86. The Hall–Kier alpha value is -1.00. The number of nitrogens with zero attached hydrogens (tertiary/aromatic N) is 1. The summed E-state index contributed by atoms with van der Waals surface area (Å²) < 4.78 is 5.34. The van der Waals surface area contributed by atoms with Gasteiger partial charge >= 0.3 is 0 Å². The number of rotatable bonds is 2. The van der Waals surface area contributed by atoms with Crippen LogP contribution in [0.1, 0.15) is 22.9 Å². The van der Waals surface area contributed by atoms with Gasteiger partial charge in [-0.2, -0.15) is 0 Å². The fourth-order valence-electron chi connectivity index (χ4n) is 2.67. The number of carbonyl (C=O) groups is 1. The highest BCUT2D eigenvalue weighted by atomic mass is 32.2. The Bertz CT molecular complexity index is 454. The molecule has 2 saturated heterocycles. The van der Waals surface area contributed by atoms with Gasteiger partial charge < -0.3 is 9.64 Å². The molecule has 0 aromatic heterocycles. The Labute approximate surface area is 118 Å². The number of ether oxygens (including phenoxy) is 1. The van der Waals surface area contributed by atoms with E-state index in [4.69, 9.17) is 4.74 Å². The molecule has 2 heterocycles. The lowest BCUT2D eigenvalue weighted by Gasteiger charge is -2.26. The van der Waals surface area contributed by atoms with Gasteiger partial charge in [-0.3, -0.25) is 4.79 Å². The van der Waals surface area contributed by atoms with Crippen LogP contribution in [-0.4, -0.2) is 36.3 Å². The van der Waals surface area contributed by atoms with Gasteiger partial charge in [0.15, 0.2) is 0 Å². The SMILES string of the molecule is Cc1ccc(C2SCCN2C(=O)C2CCOC2)cc1. The molecule has 2 aliphatic rings. The first-order valence-electron chi connectivity index (χ1n) is 6.82. The molecule has 0 spiro atoms. The molecule has 1 amide bonds. The van der Waals surface area contributed by atoms with Gasteiger partial charge in [0.2, 0.25) is 5.91 Å². The summed E-state index contributed by atoms with van der Waals surface area (Å²) in [7, 11) is 0. The number of hydrogen-bond donors (Lipinski definition) is 0. The van der Waals surface area contributed by atoms with Gasteiger partial charge in [0.1, 0.15) is 5.37 Å². The number of hydrogen-bond acceptors (Lipinski definition) is 3. The van der Waals surface area contributed by atoms with Crippen LogP contribution < -0.4 is 0 Å². The highest BCUT2D eigenvalue weighted by Crippen LogP contribution is 2.39. The highest BCUT2D eigenvalue weighted by molar-refractivity contribution is 7.99. The van der Waals surface area contributed by atoms with Crippen LogP contribution in [0, 0.1) is 12.8 Å². The van der Waals surface area contributed by atoms with Crippen molar-refractivity contribution in [2.75, 3.05) is 25.5 Å². The second kappa shape index (κ2) is 5.55. The van der Waals surface area contributed by atoms with E-state index in [0.717, 1.165) is 25.3 Å².